The van der Waals surface area contributed by atoms with E-state index >= 15 is 0 Å². The number of nitrogens with zero attached hydrogens (tertiary/aromatic N) is 1. The van der Waals surface area contributed by atoms with E-state index in [1.54, 1.807) is 0 Å². The summed E-state index contributed by atoms with van der Waals surface area (Å²) in [5.74, 6) is 0.611. The molecule has 3 rings (SSSR count). The molecule has 1 N–H and O–H groups in total. The first-order chi connectivity index (χ1) is 7.36. The van der Waals surface area contributed by atoms with Crippen molar-refractivity contribution in [3.8, 4) is 0 Å². The Kier molecular flexibility index (Phi) is 2.03. The van der Waals surface area contributed by atoms with E-state index in [1.165, 1.54) is 16.6 Å². The summed E-state index contributed by atoms with van der Waals surface area (Å²) in [6.07, 6.45) is 0. The van der Waals surface area contributed by atoms with E-state index in [9.17, 15) is 0 Å². The fraction of sp³-hybridized carbons (Fsp3) is 0.385. The Morgan fingerprint density at radius 1 is 1.33 bits per heavy atom. The first kappa shape index (κ1) is 8.98. The number of fused-ring (bicyclic) bond motifs is 3. The van der Waals surface area contributed by atoms with Gasteiger partial charge in [0, 0.05) is 36.8 Å². The van der Waals surface area contributed by atoms with Crippen LogP contribution in [-0.2, 0) is 6.54 Å². The number of hydrogen-bond donors (Lipinski definition) is 1. The largest absolute Gasteiger partial charge is 0.343 e. The van der Waals surface area contributed by atoms with E-state index in [1.807, 2.05) is 0 Å². The Morgan fingerprint density at radius 2 is 2.20 bits per heavy atom. The van der Waals surface area contributed by atoms with Crippen LogP contribution in [0.1, 0.15) is 18.5 Å². The lowest BCUT2D eigenvalue weighted by atomic mass is 10.1. The Bertz CT molecular complexity index is 484. The predicted molar refractivity (Wildman–Crippen MR) is 63.2 cm³/mol. The summed E-state index contributed by atoms with van der Waals surface area (Å²) in [7, 11) is 0. The van der Waals surface area contributed by atoms with Gasteiger partial charge in [0.2, 0.25) is 0 Å². The second kappa shape index (κ2) is 3.38. The van der Waals surface area contributed by atoms with Gasteiger partial charge in [-0.05, 0) is 17.5 Å². The molecule has 1 aliphatic heterocycles. The lowest BCUT2D eigenvalue weighted by molar-refractivity contribution is 0.636. The molecule has 2 aromatic rings. The highest BCUT2D eigenvalue weighted by Crippen LogP contribution is 2.26. The zero-order chi connectivity index (χ0) is 10.3. The summed E-state index contributed by atoms with van der Waals surface area (Å²) in [5, 5.41) is 4.85. The van der Waals surface area contributed by atoms with Gasteiger partial charge in [-0.3, -0.25) is 0 Å². The molecule has 15 heavy (non-hydrogen) atoms. The lowest BCUT2D eigenvalue weighted by Crippen LogP contribution is -2.19. The van der Waals surface area contributed by atoms with Crippen molar-refractivity contribution >= 4 is 10.9 Å². The summed E-state index contributed by atoms with van der Waals surface area (Å²) in [6.45, 7) is 5.56. The smallest absolute Gasteiger partial charge is 0.0483 e. The Hall–Kier alpha value is -1.28. The molecule has 0 amide bonds. The summed E-state index contributed by atoms with van der Waals surface area (Å²) in [5.41, 5.74) is 2.85. The molecule has 78 valence electrons. The molecular weight excluding hydrogens is 184 g/mol. The van der Waals surface area contributed by atoms with Gasteiger partial charge in [0.25, 0.3) is 0 Å². The molecule has 0 saturated carbocycles. The zero-order valence-electron chi connectivity index (χ0n) is 9.03. The fourth-order valence-electron chi connectivity index (χ4n) is 2.50. The third-order valence-corrected chi connectivity index (χ3v) is 3.31. The van der Waals surface area contributed by atoms with Crippen LogP contribution in [0, 0.1) is 0 Å². The maximum Gasteiger partial charge on any atom is 0.0483 e. The van der Waals surface area contributed by atoms with E-state index in [0.717, 1.165) is 19.6 Å². The highest BCUT2D eigenvalue weighted by atomic mass is 15.0. The molecule has 1 aliphatic rings. The van der Waals surface area contributed by atoms with Crippen molar-refractivity contribution in [2.45, 2.75) is 19.4 Å². The third kappa shape index (κ3) is 1.37. The van der Waals surface area contributed by atoms with Crippen LogP contribution >= 0.6 is 0 Å². The van der Waals surface area contributed by atoms with Crippen molar-refractivity contribution in [2.24, 2.45) is 0 Å². The summed E-state index contributed by atoms with van der Waals surface area (Å²) in [4.78, 5) is 0. The number of para-hydroxylation sites is 1. The van der Waals surface area contributed by atoms with Crippen molar-refractivity contribution < 1.29 is 0 Å². The maximum absolute atomic E-state index is 3.47. The van der Waals surface area contributed by atoms with E-state index in [4.69, 9.17) is 0 Å². The van der Waals surface area contributed by atoms with E-state index < -0.39 is 0 Å². The van der Waals surface area contributed by atoms with E-state index in [0.29, 0.717) is 5.92 Å². The number of rotatable bonds is 0. The predicted octanol–water partition coefficient (Wildman–Crippen LogP) is 2.35. The summed E-state index contributed by atoms with van der Waals surface area (Å²) >= 11 is 0. The van der Waals surface area contributed by atoms with Gasteiger partial charge in [0.1, 0.15) is 0 Å². The molecule has 1 unspecified atom stereocenters. The topological polar surface area (TPSA) is 17.0 Å². The number of nitrogens with one attached hydrogen (secondary N) is 1. The van der Waals surface area contributed by atoms with Crippen LogP contribution < -0.4 is 5.32 Å². The maximum atomic E-state index is 3.47. The standard InChI is InChI=1S/C13H16N2/c1-10-9-14-6-7-15-12-5-3-2-4-11(12)8-13(10)15/h2-5,8,10,14H,6-7,9H2,1H3. The minimum absolute atomic E-state index is 0.611. The number of benzene rings is 1. The molecular formula is C13H16N2. The molecule has 1 aromatic carbocycles. The third-order valence-electron chi connectivity index (χ3n) is 3.31. The highest BCUT2D eigenvalue weighted by Gasteiger charge is 2.16. The molecule has 2 nitrogen and oxygen atoms in total. The van der Waals surface area contributed by atoms with Crippen molar-refractivity contribution in [3.63, 3.8) is 0 Å². The second-order valence-electron chi connectivity index (χ2n) is 4.38. The van der Waals surface area contributed by atoms with Gasteiger partial charge in [0.05, 0.1) is 0 Å². The minimum atomic E-state index is 0.611. The van der Waals surface area contributed by atoms with Crippen LogP contribution in [0.5, 0.6) is 0 Å². The summed E-state index contributed by atoms with van der Waals surface area (Å²) < 4.78 is 2.46. The van der Waals surface area contributed by atoms with Crippen LogP contribution in [-0.4, -0.2) is 17.7 Å². The van der Waals surface area contributed by atoms with Crippen LogP contribution in [0.3, 0.4) is 0 Å². The molecule has 2 heteroatoms. The van der Waals surface area contributed by atoms with Crippen molar-refractivity contribution in [1.82, 2.24) is 9.88 Å². The van der Waals surface area contributed by atoms with Crippen LogP contribution in [0.4, 0.5) is 0 Å². The van der Waals surface area contributed by atoms with Crippen LogP contribution in [0.2, 0.25) is 0 Å². The quantitative estimate of drug-likeness (QED) is 0.690. The molecule has 0 radical (unpaired) electrons. The Balaban J connectivity index is 2.26. The van der Waals surface area contributed by atoms with E-state index in [2.05, 4.69) is 47.1 Å². The monoisotopic (exact) mass is 200 g/mol. The average molecular weight is 200 g/mol. The average Bonchev–Trinajstić information content (AvgIpc) is 2.54. The van der Waals surface area contributed by atoms with Crippen molar-refractivity contribution in [1.29, 1.82) is 0 Å². The normalized spacial score (nSPS) is 21.3. The molecule has 0 saturated heterocycles. The van der Waals surface area contributed by atoms with Crippen molar-refractivity contribution in [3.05, 3.63) is 36.0 Å². The van der Waals surface area contributed by atoms with Crippen LogP contribution in [0.15, 0.2) is 30.3 Å². The molecule has 2 heterocycles. The lowest BCUT2D eigenvalue weighted by Gasteiger charge is -2.09. The first-order valence-electron chi connectivity index (χ1n) is 5.65. The number of aromatic nitrogens is 1. The van der Waals surface area contributed by atoms with Gasteiger partial charge in [0.15, 0.2) is 0 Å². The van der Waals surface area contributed by atoms with Gasteiger partial charge >= 0.3 is 0 Å². The van der Waals surface area contributed by atoms with Gasteiger partial charge in [-0.25, -0.2) is 0 Å². The van der Waals surface area contributed by atoms with Gasteiger partial charge in [-0.15, -0.1) is 0 Å². The molecule has 0 aliphatic carbocycles. The Morgan fingerprint density at radius 3 is 3.13 bits per heavy atom. The molecule has 1 aromatic heterocycles. The first-order valence-corrected chi connectivity index (χ1v) is 5.65. The fourth-order valence-corrected chi connectivity index (χ4v) is 2.50. The molecule has 0 bridgehead atoms. The molecule has 0 fully saturated rings. The van der Waals surface area contributed by atoms with Gasteiger partial charge < -0.3 is 9.88 Å². The highest BCUT2D eigenvalue weighted by molar-refractivity contribution is 5.81. The van der Waals surface area contributed by atoms with E-state index in [-0.39, 0.29) is 0 Å². The van der Waals surface area contributed by atoms with Gasteiger partial charge in [-0.2, -0.15) is 0 Å². The zero-order valence-corrected chi connectivity index (χ0v) is 9.03. The van der Waals surface area contributed by atoms with Gasteiger partial charge in [-0.1, -0.05) is 25.1 Å². The summed E-state index contributed by atoms with van der Waals surface area (Å²) in [6, 6.07) is 11.0. The second-order valence-corrected chi connectivity index (χ2v) is 4.38. The number of hydrogen-bond acceptors (Lipinski definition) is 1. The Labute approximate surface area is 89.9 Å². The SMILES string of the molecule is CC1CNCCn2c1cc1ccccc12. The van der Waals surface area contributed by atoms with Crippen LogP contribution in [0.25, 0.3) is 10.9 Å². The molecule has 0 spiro atoms. The van der Waals surface area contributed by atoms with Crippen molar-refractivity contribution in [2.75, 3.05) is 13.1 Å². The minimum Gasteiger partial charge on any atom is -0.343 e. The molecule has 1 atom stereocenters.